The molecular formula is C32H60O10. The van der Waals surface area contributed by atoms with E-state index in [0.29, 0.717) is 6.42 Å². The molecule has 0 aromatic carbocycles. The molecule has 10 nitrogen and oxygen atoms in total. The summed E-state index contributed by atoms with van der Waals surface area (Å²) in [5.41, 5.74) is 0. The SMILES string of the molecule is CCCCCCCCCCCCCC(=O)O[C@H](COC(=O)CCCCCCCC)CO[C@@H]1O[C@H](CO)[C@H](O)[C@H](O)[C@H]1O. The summed E-state index contributed by atoms with van der Waals surface area (Å²) in [6.07, 6.45) is 11.5. The number of rotatable bonds is 26. The Morgan fingerprint density at radius 2 is 1.12 bits per heavy atom. The van der Waals surface area contributed by atoms with Crippen molar-refractivity contribution in [3.63, 3.8) is 0 Å². The van der Waals surface area contributed by atoms with Gasteiger partial charge in [0.25, 0.3) is 0 Å². The summed E-state index contributed by atoms with van der Waals surface area (Å²) in [4.78, 5) is 24.8. The Balaban J connectivity index is 2.45. The van der Waals surface area contributed by atoms with Crippen molar-refractivity contribution in [2.75, 3.05) is 19.8 Å². The molecule has 0 spiro atoms. The van der Waals surface area contributed by atoms with Crippen LogP contribution in [0.15, 0.2) is 0 Å². The van der Waals surface area contributed by atoms with E-state index in [0.717, 1.165) is 51.4 Å². The number of ether oxygens (including phenoxy) is 4. The number of hydrogen-bond acceptors (Lipinski definition) is 10. The molecule has 42 heavy (non-hydrogen) atoms. The van der Waals surface area contributed by atoms with Gasteiger partial charge in [0.1, 0.15) is 31.0 Å². The topological polar surface area (TPSA) is 152 Å². The first kappa shape index (κ1) is 38.7. The van der Waals surface area contributed by atoms with E-state index in [1.54, 1.807) is 0 Å². The highest BCUT2D eigenvalue weighted by Crippen LogP contribution is 2.22. The van der Waals surface area contributed by atoms with Crippen molar-refractivity contribution in [1.29, 1.82) is 0 Å². The number of aliphatic hydroxyl groups is 4. The van der Waals surface area contributed by atoms with Gasteiger partial charge in [-0.1, -0.05) is 110 Å². The Hall–Kier alpha value is -1.30. The Morgan fingerprint density at radius 1 is 0.643 bits per heavy atom. The maximum atomic E-state index is 12.6. The molecule has 0 amide bonds. The van der Waals surface area contributed by atoms with Crippen molar-refractivity contribution < 1.29 is 49.0 Å². The van der Waals surface area contributed by atoms with E-state index in [4.69, 9.17) is 18.9 Å². The molecule has 0 aromatic heterocycles. The zero-order valence-corrected chi connectivity index (χ0v) is 26.3. The van der Waals surface area contributed by atoms with Crippen LogP contribution in [0.4, 0.5) is 0 Å². The third-order valence-corrected chi connectivity index (χ3v) is 7.74. The van der Waals surface area contributed by atoms with Gasteiger partial charge in [0.2, 0.25) is 0 Å². The van der Waals surface area contributed by atoms with Crippen LogP contribution in [-0.2, 0) is 28.5 Å². The molecule has 1 rings (SSSR count). The average molecular weight is 605 g/mol. The number of carbonyl (C=O) groups excluding carboxylic acids is 2. The molecule has 10 heteroatoms. The summed E-state index contributed by atoms with van der Waals surface area (Å²) < 4.78 is 21.8. The summed E-state index contributed by atoms with van der Waals surface area (Å²) in [6, 6.07) is 0. The lowest BCUT2D eigenvalue weighted by Crippen LogP contribution is -2.59. The maximum absolute atomic E-state index is 12.6. The first-order valence-electron chi connectivity index (χ1n) is 16.6. The molecule has 1 aliphatic heterocycles. The molecule has 1 heterocycles. The third-order valence-electron chi connectivity index (χ3n) is 7.74. The molecule has 0 unspecified atom stereocenters. The molecule has 0 aromatic rings. The minimum absolute atomic E-state index is 0.212. The minimum atomic E-state index is -1.59. The normalized spacial score (nSPS) is 23.0. The van der Waals surface area contributed by atoms with Gasteiger partial charge in [-0.3, -0.25) is 9.59 Å². The smallest absolute Gasteiger partial charge is 0.306 e. The monoisotopic (exact) mass is 604 g/mol. The van der Waals surface area contributed by atoms with Crippen LogP contribution in [0.3, 0.4) is 0 Å². The van der Waals surface area contributed by atoms with Crippen molar-refractivity contribution in [2.45, 2.75) is 173 Å². The second kappa shape index (κ2) is 25.1. The molecule has 0 bridgehead atoms. The molecule has 1 fully saturated rings. The van der Waals surface area contributed by atoms with Gasteiger partial charge in [0.15, 0.2) is 12.4 Å². The van der Waals surface area contributed by atoms with Crippen LogP contribution < -0.4 is 0 Å². The highest BCUT2D eigenvalue weighted by atomic mass is 16.7. The number of hydrogen-bond donors (Lipinski definition) is 4. The predicted molar refractivity (Wildman–Crippen MR) is 160 cm³/mol. The van der Waals surface area contributed by atoms with Crippen LogP contribution >= 0.6 is 0 Å². The molecule has 0 aliphatic carbocycles. The van der Waals surface area contributed by atoms with Crippen LogP contribution in [0.1, 0.15) is 136 Å². The number of unbranched alkanes of at least 4 members (excludes halogenated alkanes) is 15. The summed E-state index contributed by atoms with van der Waals surface area (Å²) >= 11 is 0. The van der Waals surface area contributed by atoms with Gasteiger partial charge in [-0.15, -0.1) is 0 Å². The first-order chi connectivity index (χ1) is 20.3. The lowest BCUT2D eigenvalue weighted by Gasteiger charge is -2.39. The fraction of sp³-hybridized carbons (Fsp3) is 0.938. The highest BCUT2D eigenvalue weighted by molar-refractivity contribution is 5.70. The number of carbonyl (C=O) groups is 2. The lowest BCUT2D eigenvalue weighted by atomic mass is 9.99. The van der Waals surface area contributed by atoms with Crippen molar-refractivity contribution in [3.8, 4) is 0 Å². The Kier molecular flexibility index (Phi) is 23.1. The second-order valence-corrected chi connectivity index (χ2v) is 11.6. The summed E-state index contributed by atoms with van der Waals surface area (Å²) in [6.45, 7) is 3.31. The average Bonchev–Trinajstić information content (AvgIpc) is 2.98. The molecule has 248 valence electrons. The van der Waals surface area contributed by atoms with Crippen LogP contribution in [0.5, 0.6) is 0 Å². The van der Waals surface area contributed by atoms with E-state index >= 15 is 0 Å². The minimum Gasteiger partial charge on any atom is -0.462 e. The zero-order valence-electron chi connectivity index (χ0n) is 26.3. The van der Waals surface area contributed by atoms with Gasteiger partial charge in [-0.05, 0) is 12.8 Å². The maximum Gasteiger partial charge on any atom is 0.306 e. The molecular weight excluding hydrogens is 544 g/mol. The van der Waals surface area contributed by atoms with Gasteiger partial charge < -0.3 is 39.4 Å². The summed E-state index contributed by atoms with van der Waals surface area (Å²) in [7, 11) is 0. The van der Waals surface area contributed by atoms with Gasteiger partial charge in [0, 0.05) is 12.8 Å². The Morgan fingerprint density at radius 3 is 1.62 bits per heavy atom. The standard InChI is InChI=1S/C32H60O10/c1-3-5-7-9-11-12-13-14-15-17-19-21-28(35)41-25(23-39-27(34)20-18-16-10-8-6-4-2)24-40-32-31(38)30(37)29(36)26(22-33)42-32/h25-26,29-33,36-38H,3-24H2,1-2H3/t25-,26-,29+,30+,31-,32-/m1/s1. The van der Waals surface area contributed by atoms with Crippen LogP contribution in [-0.4, -0.2) is 89.0 Å². The highest BCUT2D eigenvalue weighted by Gasteiger charge is 2.44. The fourth-order valence-corrected chi connectivity index (χ4v) is 5.01. The zero-order chi connectivity index (χ0) is 31.0. The largest absolute Gasteiger partial charge is 0.462 e. The van der Waals surface area contributed by atoms with Crippen LogP contribution in [0, 0.1) is 0 Å². The Bertz CT molecular complexity index is 674. The first-order valence-corrected chi connectivity index (χ1v) is 16.6. The van der Waals surface area contributed by atoms with Gasteiger partial charge in [-0.25, -0.2) is 0 Å². The second-order valence-electron chi connectivity index (χ2n) is 11.6. The molecule has 0 saturated carbocycles. The van der Waals surface area contributed by atoms with E-state index in [-0.39, 0.29) is 32.0 Å². The number of esters is 2. The molecule has 1 aliphatic rings. The molecule has 4 N–H and O–H groups in total. The van der Waals surface area contributed by atoms with E-state index in [1.165, 1.54) is 51.4 Å². The lowest BCUT2D eigenvalue weighted by molar-refractivity contribution is -0.305. The van der Waals surface area contributed by atoms with Crippen LogP contribution in [0.2, 0.25) is 0 Å². The number of aliphatic hydroxyl groups excluding tert-OH is 4. The summed E-state index contributed by atoms with van der Waals surface area (Å²) in [5.74, 6) is -0.815. The van der Waals surface area contributed by atoms with E-state index in [1.807, 2.05) is 0 Å². The van der Waals surface area contributed by atoms with Crippen molar-refractivity contribution >= 4 is 11.9 Å². The third kappa shape index (κ3) is 17.7. The van der Waals surface area contributed by atoms with Gasteiger partial charge >= 0.3 is 11.9 Å². The van der Waals surface area contributed by atoms with Crippen molar-refractivity contribution in [2.24, 2.45) is 0 Å². The van der Waals surface area contributed by atoms with Crippen molar-refractivity contribution in [3.05, 3.63) is 0 Å². The van der Waals surface area contributed by atoms with E-state index < -0.39 is 49.4 Å². The quantitative estimate of drug-likeness (QED) is 0.0807. The molecule has 6 atom stereocenters. The molecule has 1 saturated heterocycles. The fourth-order valence-electron chi connectivity index (χ4n) is 5.01. The molecule has 0 radical (unpaired) electrons. The van der Waals surface area contributed by atoms with E-state index in [9.17, 15) is 30.0 Å². The van der Waals surface area contributed by atoms with E-state index in [2.05, 4.69) is 13.8 Å². The van der Waals surface area contributed by atoms with Gasteiger partial charge in [0.05, 0.1) is 13.2 Å². The Labute approximate surface area is 253 Å². The van der Waals surface area contributed by atoms with Crippen LogP contribution in [0.25, 0.3) is 0 Å². The predicted octanol–water partition coefficient (Wildman–Crippen LogP) is 4.71. The van der Waals surface area contributed by atoms with Gasteiger partial charge in [-0.2, -0.15) is 0 Å². The summed E-state index contributed by atoms with van der Waals surface area (Å²) in [5, 5.41) is 39.6. The van der Waals surface area contributed by atoms with Crippen molar-refractivity contribution in [1.82, 2.24) is 0 Å².